The van der Waals surface area contributed by atoms with E-state index in [1.807, 2.05) is 0 Å². The summed E-state index contributed by atoms with van der Waals surface area (Å²) in [5, 5.41) is 2.82. The third-order valence-electron chi connectivity index (χ3n) is 2.07. The standard InChI is InChI=1S/C11H21NO3/c1-5-6-7-12-10(14)11(3,4)8-15-9(2)13/h5-8H2,1-4H3,(H,12,14). The van der Waals surface area contributed by atoms with Gasteiger partial charge in [0.15, 0.2) is 0 Å². The van der Waals surface area contributed by atoms with Crippen LogP contribution >= 0.6 is 0 Å². The summed E-state index contributed by atoms with van der Waals surface area (Å²) in [7, 11) is 0. The van der Waals surface area contributed by atoms with Crippen LogP contribution in [0.4, 0.5) is 0 Å². The van der Waals surface area contributed by atoms with Crippen LogP contribution in [0, 0.1) is 5.41 Å². The first-order valence-corrected chi connectivity index (χ1v) is 5.32. The van der Waals surface area contributed by atoms with Crippen LogP contribution in [0.3, 0.4) is 0 Å². The normalized spacial score (nSPS) is 10.9. The highest BCUT2D eigenvalue weighted by molar-refractivity contribution is 5.82. The largest absolute Gasteiger partial charge is 0.465 e. The Morgan fingerprint density at radius 3 is 2.40 bits per heavy atom. The van der Waals surface area contributed by atoms with E-state index in [-0.39, 0.29) is 18.5 Å². The molecule has 0 aliphatic carbocycles. The van der Waals surface area contributed by atoms with Gasteiger partial charge in [0.2, 0.25) is 5.91 Å². The van der Waals surface area contributed by atoms with Crippen LogP contribution in [0.25, 0.3) is 0 Å². The summed E-state index contributed by atoms with van der Waals surface area (Å²) in [6.45, 7) is 7.73. The Labute approximate surface area is 91.4 Å². The molecule has 0 saturated carbocycles. The molecule has 88 valence electrons. The molecule has 0 aromatic carbocycles. The molecule has 0 aromatic rings. The van der Waals surface area contributed by atoms with Gasteiger partial charge in [-0.1, -0.05) is 13.3 Å². The van der Waals surface area contributed by atoms with E-state index in [0.717, 1.165) is 12.8 Å². The Morgan fingerprint density at radius 1 is 1.33 bits per heavy atom. The molecule has 4 nitrogen and oxygen atoms in total. The average Bonchev–Trinajstić information content (AvgIpc) is 2.15. The zero-order chi connectivity index (χ0) is 11.9. The molecule has 0 fully saturated rings. The molecule has 0 rings (SSSR count). The van der Waals surface area contributed by atoms with Gasteiger partial charge in [-0.05, 0) is 20.3 Å². The number of carbonyl (C=O) groups is 2. The maximum absolute atomic E-state index is 11.6. The smallest absolute Gasteiger partial charge is 0.302 e. The molecule has 0 spiro atoms. The van der Waals surface area contributed by atoms with E-state index in [0.29, 0.717) is 6.54 Å². The summed E-state index contributed by atoms with van der Waals surface area (Å²) >= 11 is 0. The first kappa shape index (κ1) is 13.9. The van der Waals surface area contributed by atoms with Crippen molar-refractivity contribution in [1.29, 1.82) is 0 Å². The monoisotopic (exact) mass is 215 g/mol. The SMILES string of the molecule is CCCCNC(=O)C(C)(C)COC(C)=O. The number of nitrogens with one attached hydrogen (secondary N) is 1. The van der Waals surface area contributed by atoms with E-state index >= 15 is 0 Å². The predicted molar refractivity (Wildman–Crippen MR) is 58.3 cm³/mol. The molecule has 0 unspecified atom stereocenters. The summed E-state index contributed by atoms with van der Waals surface area (Å²) in [6.07, 6.45) is 2.01. The number of carbonyl (C=O) groups excluding carboxylic acids is 2. The molecule has 0 aliphatic rings. The topological polar surface area (TPSA) is 55.4 Å². The number of amides is 1. The van der Waals surface area contributed by atoms with Gasteiger partial charge in [-0.25, -0.2) is 0 Å². The van der Waals surface area contributed by atoms with Crippen molar-refractivity contribution in [2.75, 3.05) is 13.2 Å². The van der Waals surface area contributed by atoms with E-state index < -0.39 is 5.41 Å². The maximum Gasteiger partial charge on any atom is 0.302 e. The van der Waals surface area contributed by atoms with Crippen LogP contribution < -0.4 is 5.32 Å². The van der Waals surface area contributed by atoms with Gasteiger partial charge in [0.1, 0.15) is 6.61 Å². The van der Waals surface area contributed by atoms with Crippen molar-refractivity contribution in [3.63, 3.8) is 0 Å². The second kappa shape index (κ2) is 6.43. The van der Waals surface area contributed by atoms with Gasteiger partial charge in [0, 0.05) is 13.5 Å². The molecule has 0 aliphatic heterocycles. The van der Waals surface area contributed by atoms with Crippen LogP contribution in [0.5, 0.6) is 0 Å². The van der Waals surface area contributed by atoms with E-state index in [9.17, 15) is 9.59 Å². The van der Waals surface area contributed by atoms with Crippen molar-refractivity contribution in [3.8, 4) is 0 Å². The minimum atomic E-state index is -0.653. The van der Waals surface area contributed by atoms with Gasteiger partial charge in [0.25, 0.3) is 0 Å². The van der Waals surface area contributed by atoms with Crippen LogP contribution in [-0.4, -0.2) is 25.0 Å². The Kier molecular flexibility index (Phi) is 5.97. The van der Waals surface area contributed by atoms with E-state index in [1.54, 1.807) is 13.8 Å². The lowest BCUT2D eigenvalue weighted by Gasteiger charge is -2.22. The molecule has 0 aromatic heterocycles. The van der Waals surface area contributed by atoms with Gasteiger partial charge in [0.05, 0.1) is 5.41 Å². The van der Waals surface area contributed by atoms with E-state index in [1.165, 1.54) is 6.92 Å². The second-order valence-electron chi connectivity index (χ2n) is 4.27. The fraction of sp³-hybridized carbons (Fsp3) is 0.818. The Bertz CT molecular complexity index is 224. The average molecular weight is 215 g/mol. The number of hydrogen-bond donors (Lipinski definition) is 1. The summed E-state index contributed by atoms with van der Waals surface area (Å²) in [5.74, 6) is -0.429. The van der Waals surface area contributed by atoms with Gasteiger partial charge in [-0.3, -0.25) is 9.59 Å². The summed E-state index contributed by atoms with van der Waals surface area (Å²) in [5.41, 5.74) is -0.653. The maximum atomic E-state index is 11.6. The van der Waals surface area contributed by atoms with Crippen LogP contribution in [0.1, 0.15) is 40.5 Å². The fourth-order valence-electron chi connectivity index (χ4n) is 0.966. The summed E-state index contributed by atoms with van der Waals surface area (Å²) in [4.78, 5) is 22.3. The fourth-order valence-corrected chi connectivity index (χ4v) is 0.966. The van der Waals surface area contributed by atoms with Crippen LogP contribution in [-0.2, 0) is 14.3 Å². The first-order valence-electron chi connectivity index (χ1n) is 5.32. The lowest BCUT2D eigenvalue weighted by Crippen LogP contribution is -2.40. The Balaban J connectivity index is 3.96. The quantitative estimate of drug-likeness (QED) is 0.539. The Morgan fingerprint density at radius 2 is 1.93 bits per heavy atom. The van der Waals surface area contributed by atoms with Crippen molar-refractivity contribution < 1.29 is 14.3 Å². The first-order chi connectivity index (χ1) is 6.90. The molecular weight excluding hydrogens is 194 g/mol. The number of ether oxygens (including phenoxy) is 1. The molecule has 0 heterocycles. The highest BCUT2D eigenvalue weighted by Crippen LogP contribution is 2.15. The zero-order valence-electron chi connectivity index (χ0n) is 10.1. The van der Waals surface area contributed by atoms with Crippen molar-refractivity contribution in [1.82, 2.24) is 5.32 Å². The molecular formula is C11H21NO3. The number of hydrogen-bond acceptors (Lipinski definition) is 3. The third kappa shape index (κ3) is 6.10. The van der Waals surface area contributed by atoms with Gasteiger partial charge in [-0.2, -0.15) is 0 Å². The summed E-state index contributed by atoms with van der Waals surface area (Å²) in [6, 6.07) is 0. The lowest BCUT2D eigenvalue weighted by atomic mass is 9.93. The van der Waals surface area contributed by atoms with Gasteiger partial charge < -0.3 is 10.1 Å². The van der Waals surface area contributed by atoms with Crippen molar-refractivity contribution in [2.45, 2.75) is 40.5 Å². The van der Waals surface area contributed by atoms with Crippen LogP contribution in [0.15, 0.2) is 0 Å². The molecule has 15 heavy (non-hydrogen) atoms. The minimum Gasteiger partial charge on any atom is -0.465 e. The minimum absolute atomic E-state index is 0.0720. The number of rotatable bonds is 6. The second-order valence-corrected chi connectivity index (χ2v) is 4.27. The molecule has 4 heteroatoms. The molecule has 1 N–H and O–H groups in total. The summed E-state index contributed by atoms with van der Waals surface area (Å²) < 4.78 is 4.83. The molecule has 0 saturated heterocycles. The zero-order valence-corrected chi connectivity index (χ0v) is 10.1. The van der Waals surface area contributed by atoms with Gasteiger partial charge in [-0.15, -0.1) is 0 Å². The third-order valence-corrected chi connectivity index (χ3v) is 2.07. The van der Waals surface area contributed by atoms with Crippen LogP contribution in [0.2, 0.25) is 0 Å². The molecule has 0 atom stereocenters. The van der Waals surface area contributed by atoms with Crippen molar-refractivity contribution in [2.24, 2.45) is 5.41 Å². The Hall–Kier alpha value is -1.06. The number of unbranched alkanes of at least 4 members (excludes halogenated alkanes) is 1. The van der Waals surface area contributed by atoms with E-state index in [2.05, 4.69) is 12.2 Å². The predicted octanol–water partition coefficient (Wildman–Crippen LogP) is 1.49. The molecule has 1 amide bonds. The highest BCUT2D eigenvalue weighted by Gasteiger charge is 2.28. The van der Waals surface area contributed by atoms with Crippen molar-refractivity contribution in [3.05, 3.63) is 0 Å². The van der Waals surface area contributed by atoms with Gasteiger partial charge >= 0.3 is 5.97 Å². The highest BCUT2D eigenvalue weighted by atomic mass is 16.5. The van der Waals surface area contributed by atoms with Crippen molar-refractivity contribution >= 4 is 11.9 Å². The number of esters is 1. The lowest BCUT2D eigenvalue weighted by molar-refractivity contribution is -0.147. The molecule has 0 bridgehead atoms. The molecule has 0 radical (unpaired) electrons. The van der Waals surface area contributed by atoms with E-state index in [4.69, 9.17) is 4.74 Å².